The van der Waals surface area contributed by atoms with Gasteiger partial charge in [0.25, 0.3) is 0 Å². The van der Waals surface area contributed by atoms with E-state index >= 15 is 0 Å². The van der Waals surface area contributed by atoms with E-state index in [9.17, 15) is 8.42 Å². The molecule has 0 radical (unpaired) electrons. The average molecular weight is 280 g/mol. The summed E-state index contributed by atoms with van der Waals surface area (Å²) in [7, 11) is -3.26. The number of benzene rings is 1. The summed E-state index contributed by atoms with van der Waals surface area (Å²) < 4.78 is 27.5. The van der Waals surface area contributed by atoms with E-state index in [1.165, 1.54) is 17.5 Å². The minimum atomic E-state index is -3.26. The van der Waals surface area contributed by atoms with Gasteiger partial charge >= 0.3 is 0 Å². The summed E-state index contributed by atoms with van der Waals surface area (Å²) in [6.07, 6.45) is 5.10. The molecule has 1 aromatic carbocycles. The zero-order chi connectivity index (χ0) is 13.3. The molecule has 104 valence electrons. The Morgan fingerprint density at radius 3 is 2.84 bits per heavy atom. The third kappa shape index (κ3) is 2.62. The van der Waals surface area contributed by atoms with Crippen LogP contribution in [0.5, 0.6) is 0 Å². The molecule has 5 heteroatoms. The van der Waals surface area contributed by atoms with Crippen molar-refractivity contribution in [2.45, 2.75) is 37.4 Å². The van der Waals surface area contributed by atoms with E-state index in [4.69, 9.17) is 0 Å². The first-order valence-corrected chi connectivity index (χ1v) is 8.54. The van der Waals surface area contributed by atoms with Gasteiger partial charge in [-0.1, -0.05) is 12.1 Å². The second-order valence-corrected chi connectivity index (χ2v) is 7.37. The van der Waals surface area contributed by atoms with E-state index in [2.05, 4.69) is 16.1 Å². The van der Waals surface area contributed by atoms with Gasteiger partial charge in [0.2, 0.25) is 10.0 Å². The molecule has 19 heavy (non-hydrogen) atoms. The van der Waals surface area contributed by atoms with Crippen molar-refractivity contribution >= 4 is 15.7 Å². The van der Waals surface area contributed by atoms with Crippen LogP contribution >= 0.6 is 0 Å². The monoisotopic (exact) mass is 280 g/mol. The molecule has 4 nitrogen and oxygen atoms in total. The van der Waals surface area contributed by atoms with Gasteiger partial charge < -0.3 is 5.32 Å². The summed E-state index contributed by atoms with van der Waals surface area (Å²) in [5.74, 6) is 0. The first kappa shape index (κ1) is 12.9. The smallest absolute Gasteiger partial charge is 0.236 e. The highest BCUT2D eigenvalue weighted by molar-refractivity contribution is 7.93. The minimum absolute atomic E-state index is 0.299. The summed E-state index contributed by atoms with van der Waals surface area (Å²) in [5, 5.41) is 2.81. The molecular weight excluding hydrogens is 260 g/mol. The van der Waals surface area contributed by atoms with Crippen molar-refractivity contribution in [2.75, 3.05) is 17.8 Å². The SMILES string of the molecule is O=S(=O)(Nc1cccc2c1CCCC2)C1CCNC1. The predicted octanol–water partition coefficient (Wildman–Crippen LogP) is 1.67. The molecule has 1 aliphatic carbocycles. The first-order valence-electron chi connectivity index (χ1n) is 7.00. The fourth-order valence-electron chi connectivity index (χ4n) is 3.01. The molecule has 1 aromatic rings. The molecule has 2 N–H and O–H groups in total. The molecule has 0 amide bonds. The maximum atomic E-state index is 12.3. The largest absolute Gasteiger partial charge is 0.315 e. The van der Waals surface area contributed by atoms with Gasteiger partial charge in [-0.15, -0.1) is 0 Å². The quantitative estimate of drug-likeness (QED) is 0.885. The van der Waals surface area contributed by atoms with Crippen molar-refractivity contribution in [2.24, 2.45) is 0 Å². The van der Waals surface area contributed by atoms with E-state index < -0.39 is 10.0 Å². The fraction of sp³-hybridized carbons (Fsp3) is 0.571. The van der Waals surface area contributed by atoms with Gasteiger partial charge in [0.1, 0.15) is 0 Å². The van der Waals surface area contributed by atoms with Gasteiger partial charge in [-0.25, -0.2) is 8.42 Å². The summed E-state index contributed by atoms with van der Waals surface area (Å²) in [6.45, 7) is 1.35. The predicted molar refractivity (Wildman–Crippen MR) is 76.9 cm³/mol. The maximum absolute atomic E-state index is 12.3. The van der Waals surface area contributed by atoms with E-state index in [0.29, 0.717) is 13.0 Å². The zero-order valence-electron chi connectivity index (χ0n) is 11.0. The van der Waals surface area contributed by atoms with Crippen LogP contribution in [-0.2, 0) is 22.9 Å². The van der Waals surface area contributed by atoms with E-state index in [1.807, 2.05) is 12.1 Å². The standard InChI is InChI=1S/C14H20N2O2S/c17-19(18,12-8-9-15-10-12)16-14-7-3-5-11-4-1-2-6-13(11)14/h3,5,7,12,15-16H,1-2,4,6,8-10H2. The molecule has 1 fully saturated rings. The zero-order valence-corrected chi connectivity index (χ0v) is 11.8. The molecule has 1 aliphatic heterocycles. The van der Waals surface area contributed by atoms with Gasteiger partial charge in [0.05, 0.1) is 10.9 Å². The molecule has 0 aromatic heterocycles. The number of rotatable bonds is 3. The van der Waals surface area contributed by atoms with Crippen LogP contribution < -0.4 is 10.0 Å². The Hall–Kier alpha value is -1.07. The van der Waals surface area contributed by atoms with Crippen LogP contribution in [0.2, 0.25) is 0 Å². The van der Waals surface area contributed by atoms with Crippen molar-refractivity contribution in [1.29, 1.82) is 0 Å². The molecule has 1 atom stereocenters. The molecule has 0 saturated carbocycles. The minimum Gasteiger partial charge on any atom is -0.315 e. The lowest BCUT2D eigenvalue weighted by Gasteiger charge is -2.21. The van der Waals surface area contributed by atoms with Gasteiger partial charge in [-0.05, 0) is 55.8 Å². The van der Waals surface area contributed by atoms with Crippen molar-refractivity contribution in [3.8, 4) is 0 Å². The lowest BCUT2D eigenvalue weighted by Crippen LogP contribution is -2.30. The summed E-state index contributed by atoms with van der Waals surface area (Å²) in [4.78, 5) is 0. The van der Waals surface area contributed by atoms with Crippen LogP contribution in [0.25, 0.3) is 0 Å². The Kier molecular flexibility index (Phi) is 3.50. The molecule has 1 saturated heterocycles. The van der Waals surface area contributed by atoms with Crippen LogP contribution in [0.4, 0.5) is 5.69 Å². The Labute approximate surface area is 114 Å². The highest BCUT2D eigenvalue weighted by atomic mass is 32.2. The van der Waals surface area contributed by atoms with Crippen LogP contribution in [0, 0.1) is 0 Å². The molecule has 1 heterocycles. The summed E-state index contributed by atoms with van der Waals surface area (Å²) in [5.41, 5.74) is 3.29. The third-order valence-corrected chi connectivity index (χ3v) is 5.89. The first-order chi connectivity index (χ1) is 9.17. The van der Waals surface area contributed by atoms with Crippen molar-refractivity contribution in [3.63, 3.8) is 0 Å². The molecule has 3 rings (SSSR count). The fourth-order valence-corrected chi connectivity index (χ4v) is 4.44. The number of hydrogen-bond donors (Lipinski definition) is 2. The highest BCUT2D eigenvalue weighted by Crippen LogP contribution is 2.29. The van der Waals surface area contributed by atoms with Crippen LogP contribution in [0.3, 0.4) is 0 Å². The summed E-state index contributed by atoms with van der Waals surface area (Å²) >= 11 is 0. The van der Waals surface area contributed by atoms with Crippen LogP contribution in [0.1, 0.15) is 30.4 Å². The van der Waals surface area contributed by atoms with Crippen molar-refractivity contribution < 1.29 is 8.42 Å². The van der Waals surface area contributed by atoms with Crippen LogP contribution in [-0.4, -0.2) is 26.8 Å². The Bertz CT molecular complexity index is 563. The number of sulfonamides is 1. The lowest BCUT2D eigenvalue weighted by molar-refractivity contribution is 0.588. The van der Waals surface area contributed by atoms with Gasteiger partial charge in [-0.3, -0.25) is 4.72 Å². The van der Waals surface area contributed by atoms with Crippen molar-refractivity contribution in [1.82, 2.24) is 5.32 Å². The molecule has 0 spiro atoms. The second-order valence-electron chi connectivity index (χ2n) is 5.41. The number of nitrogens with one attached hydrogen (secondary N) is 2. The number of anilines is 1. The van der Waals surface area contributed by atoms with E-state index in [0.717, 1.165) is 31.5 Å². The normalized spacial score (nSPS) is 23.1. The number of aryl methyl sites for hydroxylation is 1. The highest BCUT2D eigenvalue weighted by Gasteiger charge is 2.29. The summed E-state index contributed by atoms with van der Waals surface area (Å²) in [6, 6.07) is 5.96. The second kappa shape index (κ2) is 5.13. The van der Waals surface area contributed by atoms with E-state index in [1.54, 1.807) is 0 Å². The number of hydrogen-bond acceptors (Lipinski definition) is 3. The Morgan fingerprint density at radius 2 is 2.05 bits per heavy atom. The molecule has 0 bridgehead atoms. The maximum Gasteiger partial charge on any atom is 0.236 e. The van der Waals surface area contributed by atoms with Gasteiger partial charge in [-0.2, -0.15) is 0 Å². The van der Waals surface area contributed by atoms with Gasteiger partial charge in [0.15, 0.2) is 0 Å². The van der Waals surface area contributed by atoms with Crippen LogP contribution in [0.15, 0.2) is 18.2 Å². The molecule has 2 aliphatic rings. The van der Waals surface area contributed by atoms with Crippen molar-refractivity contribution in [3.05, 3.63) is 29.3 Å². The topological polar surface area (TPSA) is 58.2 Å². The van der Waals surface area contributed by atoms with E-state index in [-0.39, 0.29) is 5.25 Å². The Balaban J connectivity index is 1.87. The Morgan fingerprint density at radius 1 is 1.21 bits per heavy atom. The van der Waals surface area contributed by atoms with Gasteiger partial charge in [0, 0.05) is 6.54 Å². The number of fused-ring (bicyclic) bond motifs is 1. The molecular formula is C14H20N2O2S. The average Bonchev–Trinajstić information content (AvgIpc) is 2.93. The lowest BCUT2D eigenvalue weighted by atomic mass is 9.91. The molecule has 1 unspecified atom stereocenters. The third-order valence-electron chi connectivity index (χ3n) is 4.10.